The number of aliphatic hydroxyl groups is 2. The topological polar surface area (TPSA) is 351 Å². The molecule has 1 heterocycles. The molecule has 0 saturated carbocycles. The van der Waals surface area contributed by atoms with Crippen molar-refractivity contribution in [1.29, 1.82) is 0 Å². The number of nitrogens with two attached hydrogens (primary N) is 2. The lowest BCUT2D eigenvalue weighted by molar-refractivity contribution is -0.136. The van der Waals surface area contributed by atoms with Gasteiger partial charge in [0.2, 0.25) is 47.3 Å². The van der Waals surface area contributed by atoms with Gasteiger partial charge >= 0.3 is 0 Å². The fourth-order valence-electron chi connectivity index (χ4n) is 6.51. The summed E-state index contributed by atoms with van der Waals surface area (Å²) in [6, 6.07) is -4.35. The number of carbonyl (C=O) groups excluding carboxylic acids is 9. The number of amides is 8. The van der Waals surface area contributed by atoms with Crippen LogP contribution in [0.2, 0.25) is 0 Å². The van der Waals surface area contributed by atoms with Crippen LogP contribution in [0.4, 0.5) is 0 Å². The quantitative estimate of drug-likeness (QED) is 0.0585. The van der Waals surface area contributed by atoms with Crippen molar-refractivity contribution in [1.82, 2.24) is 37.2 Å². The van der Waals surface area contributed by atoms with Crippen LogP contribution in [0.1, 0.15) is 96.0 Å². The summed E-state index contributed by atoms with van der Waals surface area (Å²) in [6.07, 6.45) is 7.91. The third kappa shape index (κ3) is 20.0. The molecule has 1 saturated heterocycles. The Bertz CT molecular complexity index is 1640. The molecule has 1 aliphatic rings. The minimum Gasteiger partial charge on any atom is -0.508 e. The van der Waals surface area contributed by atoms with E-state index in [1.807, 2.05) is 0 Å². The number of ketones is 1. The Hall–Kier alpha value is -5.67. The van der Waals surface area contributed by atoms with Crippen molar-refractivity contribution >= 4 is 53.0 Å². The molecule has 21 heteroatoms. The molecular formula is C40H63N9O12. The molecule has 0 radical (unpaired) electrons. The van der Waals surface area contributed by atoms with Gasteiger partial charge < -0.3 is 58.7 Å². The monoisotopic (exact) mass is 861 g/mol. The molecule has 1 aromatic rings. The fraction of sp³-hybridized carbons (Fsp3) is 0.625. The second kappa shape index (κ2) is 28.0. The number of aliphatic hydroxyl groups excluding tert-OH is 2. The van der Waals surface area contributed by atoms with Gasteiger partial charge in [0.1, 0.15) is 23.9 Å². The van der Waals surface area contributed by atoms with Crippen LogP contribution in [-0.2, 0) is 49.6 Å². The maximum absolute atomic E-state index is 13.7. The van der Waals surface area contributed by atoms with Crippen molar-refractivity contribution in [3.05, 3.63) is 29.8 Å². The molecule has 2 rings (SSSR count). The molecular weight excluding hydrogens is 798 g/mol. The number of benzene rings is 1. The second-order valence-corrected chi connectivity index (χ2v) is 15.0. The van der Waals surface area contributed by atoms with Crippen LogP contribution < -0.4 is 48.7 Å². The lowest BCUT2D eigenvalue weighted by Gasteiger charge is -2.28. The van der Waals surface area contributed by atoms with E-state index in [2.05, 4.69) is 44.1 Å². The lowest BCUT2D eigenvalue weighted by Crippen LogP contribution is -2.61. The average molecular weight is 862 g/mol. The predicted octanol–water partition coefficient (Wildman–Crippen LogP) is -2.94. The Morgan fingerprint density at radius 3 is 1.75 bits per heavy atom. The van der Waals surface area contributed by atoms with Crippen molar-refractivity contribution in [2.24, 2.45) is 11.5 Å². The highest BCUT2D eigenvalue weighted by molar-refractivity contribution is 5.99. The first kappa shape index (κ1) is 51.5. The highest BCUT2D eigenvalue weighted by Gasteiger charge is 2.35. The number of nitrogens with one attached hydrogen (secondary N) is 7. The number of phenolic OH excluding ortho intramolecular Hbond substituents is 1. The number of carbonyl (C=O) groups is 9. The van der Waals surface area contributed by atoms with E-state index >= 15 is 0 Å². The van der Waals surface area contributed by atoms with Crippen LogP contribution in [0.5, 0.6) is 5.75 Å². The first-order valence-electron chi connectivity index (χ1n) is 20.7. The zero-order chi connectivity index (χ0) is 45.3. The fourth-order valence-corrected chi connectivity index (χ4v) is 6.51. The van der Waals surface area contributed by atoms with Crippen molar-refractivity contribution in [2.45, 2.75) is 133 Å². The third-order valence-corrected chi connectivity index (χ3v) is 9.85. The molecule has 1 aromatic carbocycles. The lowest BCUT2D eigenvalue weighted by atomic mass is 10.00. The summed E-state index contributed by atoms with van der Waals surface area (Å²) in [7, 11) is 0. The Morgan fingerprint density at radius 2 is 1.18 bits per heavy atom. The van der Waals surface area contributed by atoms with E-state index in [-0.39, 0.29) is 18.7 Å². The summed E-state index contributed by atoms with van der Waals surface area (Å²) in [5, 5.41) is 46.9. The SMILES string of the molecule is CCCCCCCCCCCCNC(=O)[C@@H]1CC(=O)N[C@H](CO)C(=O)N[C@H](Cc2ccc(O)cc2)C(=O)N[C@H](CC(N)=O)C(=O)NCC(=O)N[C@@H](CC(N)=O)C(=O)[C@H](CO)N1. The van der Waals surface area contributed by atoms with Gasteiger partial charge in [0.15, 0.2) is 5.78 Å². The zero-order valence-electron chi connectivity index (χ0n) is 34.7. The molecule has 0 bridgehead atoms. The van der Waals surface area contributed by atoms with Crippen molar-refractivity contribution in [2.75, 3.05) is 26.3 Å². The highest BCUT2D eigenvalue weighted by Crippen LogP contribution is 2.13. The molecule has 8 amide bonds. The molecule has 1 fully saturated rings. The minimum absolute atomic E-state index is 0.102. The maximum Gasteiger partial charge on any atom is 0.245 e. The Morgan fingerprint density at radius 1 is 0.656 bits per heavy atom. The number of unbranched alkanes of at least 4 members (excludes halogenated alkanes) is 9. The number of rotatable bonds is 20. The number of phenols is 1. The third-order valence-electron chi connectivity index (χ3n) is 9.85. The molecule has 0 spiro atoms. The van der Waals surface area contributed by atoms with Gasteiger partial charge in [-0.1, -0.05) is 76.8 Å². The van der Waals surface area contributed by atoms with Gasteiger partial charge in [0.05, 0.1) is 57.1 Å². The second-order valence-electron chi connectivity index (χ2n) is 15.0. The number of aromatic hydroxyl groups is 1. The molecule has 14 N–H and O–H groups in total. The molecule has 0 aliphatic carbocycles. The van der Waals surface area contributed by atoms with E-state index in [1.165, 1.54) is 49.9 Å². The maximum atomic E-state index is 13.7. The normalized spacial score (nSPS) is 22.5. The van der Waals surface area contributed by atoms with Gasteiger partial charge in [0, 0.05) is 13.0 Å². The molecule has 1 aliphatic heterocycles. The Labute approximate surface area is 354 Å². The summed E-state index contributed by atoms with van der Waals surface area (Å²) >= 11 is 0. The van der Waals surface area contributed by atoms with Crippen molar-refractivity contribution in [3.8, 4) is 5.75 Å². The molecule has 6 atom stereocenters. The summed E-state index contributed by atoms with van der Waals surface area (Å²) in [5.41, 5.74) is 11.1. The van der Waals surface area contributed by atoms with Gasteiger partial charge in [-0.15, -0.1) is 0 Å². The van der Waals surface area contributed by atoms with Crippen LogP contribution in [0.25, 0.3) is 0 Å². The summed E-state index contributed by atoms with van der Waals surface area (Å²) < 4.78 is 0. The Balaban J connectivity index is 2.42. The van der Waals surface area contributed by atoms with E-state index in [4.69, 9.17) is 11.5 Å². The molecule has 21 nitrogen and oxygen atoms in total. The first-order valence-corrected chi connectivity index (χ1v) is 20.7. The van der Waals surface area contributed by atoms with Crippen LogP contribution in [0.15, 0.2) is 24.3 Å². The molecule has 0 unspecified atom stereocenters. The van der Waals surface area contributed by atoms with Crippen molar-refractivity contribution in [3.63, 3.8) is 0 Å². The largest absolute Gasteiger partial charge is 0.508 e. The smallest absolute Gasteiger partial charge is 0.245 e. The number of hydrogen-bond donors (Lipinski definition) is 12. The number of Topliss-reactive ketones (excluding diaryl/α,β-unsaturated/α-hetero) is 1. The van der Waals surface area contributed by atoms with E-state index in [1.54, 1.807) is 0 Å². The van der Waals surface area contributed by atoms with E-state index in [0.717, 1.165) is 32.1 Å². The summed E-state index contributed by atoms with van der Waals surface area (Å²) in [6.45, 7) is -0.475. The van der Waals surface area contributed by atoms with Crippen LogP contribution >= 0.6 is 0 Å². The van der Waals surface area contributed by atoms with Gasteiger partial charge in [-0.25, -0.2) is 0 Å². The average Bonchev–Trinajstić information content (AvgIpc) is 3.21. The summed E-state index contributed by atoms with van der Waals surface area (Å²) in [4.78, 5) is 118. The number of hydrogen-bond acceptors (Lipinski definition) is 13. The zero-order valence-corrected chi connectivity index (χ0v) is 34.7. The first-order chi connectivity index (χ1) is 29.1. The number of primary amides is 2. The minimum atomic E-state index is -1.71. The molecule has 0 aromatic heterocycles. The van der Waals surface area contributed by atoms with E-state index in [0.29, 0.717) is 12.0 Å². The van der Waals surface area contributed by atoms with Crippen LogP contribution in [-0.4, -0.2) is 131 Å². The van der Waals surface area contributed by atoms with Gasteiger partial charge in [-0.2, -0.15) is 0 Å². The summed E-state index contributed by atoms with van der Waals surface area (Å²) in [5.74, 6) is -9.20. The molecule has 340 valence electrons. The van der Waals surface area contributed by atoms with Crippen LogP contribution in [0.3, 0.4) is 0 Å². The van der Waals surface area contributed by atoms with Gasteiger partial charge in [-0.3, -0.25) is 48.5 Å². The van der Waals surface area contributed by atoms with Crippen molar-refractivity contribution < 1.29 is 58.5 Å². The van der Waals surface area contributed by atoms with E-state index in [9.17, 15) is 58.5 Å². The van der Waals surface area contributed by atoms with E-state index < -0.39 is 128 Å². The van der Waals surface area contributed by atoms with Gasteiger partial charge in [-0.05, 0) is 24.1 Å². The molecule has 61 heavy (non-hydrogen) atoms. The van der Waals surface area contributed by atoms with Crippen LogP contribution in [0, 0.1) is 0 Å². The highest BCUT2D eigenvalue weighted by atomic mass is 16.3. The standard InChI is InChI=1S/C40H63N9O12/c1-2-3-4-5-6-7-8-9-10-11-16-43-37(58)29-20-34(55)47-31(23-51)40(61)48-27(17-24-12-14-25(52)15-13-24)39(60)49-28(19-33(42)54)38(59)44-21-35(56)46-26(18-32(41)53)36(57)30(22-50)45-29/h12-15,26-31,45,50-52H,2-11,16-23H2,1H3,(H2,41,53)(H2,42,54)(H,43,58)(H,44,59)(H,46,56)(H,47,55)(H,48,61)(H,49,60)/t26-,27+,28+,29-,30-,31+/m0/s1. The Kier molecular flexibility index (Phi) is 23.6. The predicted molar refractivity (Wildman–Crippen MR) is 220 cm³/mol. The van der Waals surface area contributed by atoms with Gasteiger partial charge in [0.25, 0.3) is 0 Å².